The van der Waals surface area contributed by atoms with Gasteiger partial charge in [-0.15, -0.1) is 0 Å². The van der Waals surface area contributed by atoms with Gasteiger partial charge >= 0.3 is 0 Å². The molecule has 0 radical (unpaired) electrons. The topological polar surface area (TPSA) is 48.2 Å². The van der Waals surface area contributed by atoms with Crippen molar-refractivity contribution in [3.05, 3.63) is 60.3 Å². The summed E-state index contributed by atoms with van der Waals surface area (Å²) in [6, 6.07) is 10.2. The molecule has 0 amide bonds. The molecule has 0 spiro atoms. The second kappa shape index (κ2) is 4.66. The molecule has 3 aromatic heterocycles. The van der Waals surface area contributed by atoms with Crippen LogP contribution in [0.25, 0.3) is 5.65 Å². The lowest BCUT2D eigenvalue weighted by Crippen LogP contribution is -2.09. The highest BCUT2D eigenvalue weighted by Gasteiger charge is 2.04. The second-order valence-corrected chi connectivity index (χ2v) is 4.36. The normalized spacial score (nSPS) is 11.2. The smallest absolute Gasteiger partial charge is 0.137 e. The fourth-order valence-electron chi connectivity index (χ4n) is 2.22. The van der Waals surface area contributed by atoms with Crippen molar-refractivity contribution in [3.63, 3.8) is 0 Å². The van der Waals surface area contributed by atoms with E-state index in [1.807, 2.05) is 28.8 Å². The largest absolute Gasteiger partial charge is 0.345 e. The van der Waals surface area contributed by atoms with Crippen LogP contribution in [0.15, 0.2) is 48.9 Å². The Hall–Kier alpha value is -2.07. The maximum atomic E-state index is 5.61. The van der Waals surface area contributed by atoms with Gasteiger partial charge in [-0.25, -0.2) is 4.98 Å². The van der Waals surface area contributed by atoms with Gasteiger partial charge in [0, 0.05) is 24.3 Å². The zero-order chi connectivity index (χ0) is 12.4. The average Bonchev–Trinajstić information content (AvgIpc) is 2.97. The lowest BCUT2D eigenvalue weighted by Gasteiger charge is -2.05. The van der Waals surface area contributed by atoms with Crippen LogP contribution in [-0.4, -0.2) is 20.5 Å². The Morgan fingerprint density at radius 1 is 1.11 bits per heavy atom. The van der Waals surface area contributed by atoms with E-state index in [0.717, 1.165) is 24.3 Å². The summed E-state index contributed by atoms with van der Waals surface area (Å²) in [6.45, 7) is 1.47. The molecule has 4 heteroatoms. The number of rotatable bonds is 4. The molecule has 0 unspecified atom stereocenters. The van der Waals surface area contributed by atoms with Crippen molar-refractivity contribution in [2.75, 3.05) is 6.54 Å². The summed E-state index contributed by atoms with van der Waals surface area (Å²) in [6.07, 6.45) is 7.07. The number of hydrogen-bond acceptors (Lipinski definition) is 2. The van der Waals surface area contributed by atoms with Crippen molar-refractivity contribution in [1.82, 2.24) is 14.0 Å². The molecule has 4 nitrogen and oxygen atoms in total. The zero-order valence-corrected chi connectivity index (χ0v) is 10.2. The fourth-order valence-corrected chi connectivity index (χ4v) is 2.22. The van der Waals surface area contributed by atoms with Crippen LogP contribution in [0.5, 0.6) is 0 Å². The highest BCUT2D eigenvalue weighted by Crippen LogP contribution is 2.09. The first-order chi connectivity index (χ1) is 8.86. The van der Waals surface area contributed by atoms with E-state index in [0.29, 0.717) is 6.54 Å². The zero-order valence-electron chi connectivity index (χ0n) is 10.2. The molecule has 3 aromatic rings. The number of hydrogen-bond donors (Lipinski definition) is 1. The Kier molecular flexibility index (Phi) is 2.86. The Labute approximate surface area is 106 Å². The van der Waals surface area contributed by atoms with Crippen molar-refractivity contribution in [2.45, 2.75) is 13.0 Å². The summed E-state index contributed by atoms with van der Waals surface area (Å²) < 4.78 is 4.25. The molecule has 0 atom stereocenters. The molecule has 0 fully saturated rings. The average molecular weight is 240 g/mol. The van der Waals surface area contributed by atoms with Gasteiger partial charge in [0.05, 0.1) is 12.2 Å². The third-order valence-electron chi connectivity index (χ3n) is 3.07. The molecule has 18 heavy (non-hydrogen) atoms. The van der Waals surface area contributed by atoms with Crippen LogP contribution < -0.4 is 5.73 Å². The van der Waals surface area contributed by atoms with E-state index in [2.05, 4.69) is 34.1 Å². The fraction of sp³-hybridized carbons (Fsp3) is 0.214. The molecular weight excluding hydrogens is 224 g/mol. The Morgan fingerprint density at radius 2 is 2.06 bits per heavy atom. The monoisotopic (exact) mass is 240 g/mol. The Bertz CT molecular complexity index is 617. The second-order valence-electron chi connectivity index (χ2n) is 4.36. The lowest BCUT2D eigenvalue weighted by molar-refractivity contribution is 0.725. The first kappa shape index (κ1) is 11.0. The Balaban J connectivity index is 1.89. The van der Waals surface area contributed by atoms with Gasteiger partial charge in [-0.3, -0.25) is 0 Å². The van der Waals surface area contributed by atoms with E-state index in [4.69, 9.17) is 5.73 Å². The van der Waals surface area contributed by atoms with Gasteiger partial charge in [0.15, 0.2) is 0 Å². The molecule has 2 N–H and O–H groups in total. The third kappa shape index (κ3) is 2.02. The van der Waals surface area contributed by atoms with Crippen molar-refractivity contribution in [1.29, 1.82) is 0 Å². The van der Waals surface area contributed by atoms with Crippen molar-refractivity contribution in [3.8, 4) is 0 Å². The van der Waals surface area contributed by atoms with E-state index in [9.17, 15) is 0 Å². The minimum atomic E-state index is 0.676. The summed E-state index contributed by atoms with van der Waals surface area (Å²) in [5, 5.41) is 0. The third-order valence-corrected chi connectivity index (χ3v) is 3.07. The predicted molar refractivity (Wildman–Crippen MR) is 71.5 cm³/mol. The number of imidazole rings is 1. The number of nitrogens with two attached hydrogens (primary N) is 1. The van der Waals surface area contributed by atoms with Crippen LogP contribution in [-0.2, 0) is 13.0 Å². The number of fused-ring (bicyclic) bond motifs is 1. The molecule has 0 bridgehead atoms. The van der Waals surface area contributed by atoms with Crippen LogP contribution in [0.3, 0.4) is 0 Å². The number of aromatic nitrogens is 3. The molecular formula is C14H16N4. The van der Waals surface area contributed by atoms with Crippen molar-refractivity contribution >= 4 is 5.65 Å². The summed E-state index contributed by atoms with van der Waals surface area (Å²) in [5.74, 6) is 0. The van der Waals surface area contributed by atoms with Gasteiger partial charge in [-0.1, -0.05) is 6.07 Å². The van der Waals surface area contributed by atoms with Crippen LogP contribution >= 0.6 is 0 Å². The standard InChI is InChI=1S/C14H16N4/c15-7-6-13-4-3-9-17(13)10-12-11-18-8-2-1-5-14(18)16-12/h1-5,8-9,11H,6-7,10,15H2. The van der Waals surface area contributed by atoms with Crippen LogP contribution in [0.4, 0.5) is 0 Å². The minimum absolute atomic E-state index is 0.676. The lowest BCUT2D eigenvalue weighted by atomic mass is 10.3. The first-order valence-corrected chi connectivity index (χ1v) is 6.13. The van der Waals surface area contributed by atoms with E-state index in [1.165, 1.54) is 5.69 Å². The van der Waals surface area contributed by atoms with E-state index < -0.39 is 0 Å². The summed E-state index contributed by atoms with van der Waals surface area (Å²) in [7, 11) is 0. The van der Waals surface area contributed by atoms with Crippen LogP contribution in [0.2, 0.25) is 0 Å². The predicted octanol–water partition coefficient (Wildman–Crippen LogP) is 1.69. The molecule has 0 aromatic carbocycles. The van der Waals surface area contributed by atoms with E-state index >= 15 is 0 Å². The van der Waals surface area contributed by atoms with E-state index in [-0.39, 0.29) is 0 Å². The molecule has 3 heterocycles. The summed E-state index contributed by atoms with van der Waals surface area (Å²) >= 11 is 0. The van der Waals surface area contributed by atoms with Gasteiger partial charge < -0.3 is 14.7 Å². The molecule has 92 valence electrons. The SMILES string of the molecule is NCCc1cccn1Cc1cn2ccccc2n1. The maximum Gasteiger partial charge on any atom is 0.137 e. The van der Waals surface area contributed by atoms with Gasteiger partial charge in [-0.2, -0.15) is 0 Å². The molecule has 0 aliphatic rings. The quantitative estimate of drug-likeness (QED) is 0.754. The van der Waals surface area contributed by atoms with E-state index in [1.54, 1.807) is 0 Å². The highest BCUT2D eigenvalue weighted by molar-refractivity contribution is 5.39. The van der Waals surface area contributed by atoms with Crippen molar-refractivity contribution < 1.29 is 0 Å². The maximum absolute atomic E-state index is 5.61. The molecule has 3 rings (SSSR count). The van der Waals surface area contributed by atoms with Crippen molar-refractivity contribution in [2.24, 2.45) is 5.73 Å². The summed E-state index contributed by atoms with van der Waals surface area (Å²) in [5.41, 5.74) is 8.92. The van der Waals surface area contributed by atoms with Crippen LogP contribution in [0, 0.1) is 0 Å². The minimum Gasteiger partial charge on any atom is -0.345 e. The van der Waals surface area contributed by atoms with Gasteiger partial charge in [0.2, 0.25) is 0 Å². The van der Waals surface area contributed by atoms with Crippen LogP contribution in [0.1, 0.15) is 11.4 Å². The number of nitrogens with zero attached hydrogens (tertiary/aromatic N) is 3. The van der Waals surface area contributed by atoms with Gasteiger partial charge in [0.1, 0.15) is 5.65 Å². The molecule has 0 saturated heterocycles. The highest BCUT2D eigenvalue weighted by atomic mass is 15.0. The summed E-state index contributed by atoms with van der Waals surface area (Å²) in [4.78, 5) is 4.60. The van der Waals surface area contributed by atoms with Gasteiger partial charge in [0.25, 0.3) is 0 Å². The number of pyridine rings is 1. The molecule has 0 saturated carbocycles. The molecule has 0 aliphatic carbocycles. The molecule has 0 aliphatic heterocycles. The van der Waals surface area contributed by atoms with Gasteiger partial charge in [-0.05, 0) is 37.2 Å². The first-order valence-electron chi connectivity index (χ1n) is 6.13. The Morgan fingerprint density at radius 3 is 2.89 bits per heavy atom.